The summed E-state index contributed by atoms with van der Waals surface area (Å²) < 4.78 is 37.6. The third kappa shape index (κ3) is 5.97. The number of aliphatic hydroxyl groups is 1. The minimum atomic E-state index is -0.747. The summed E-state index contributed by atoms with van der Waals surface area (Å²) >= 11 is 0. The number of aliphatic hydroxyl groups excluding tert-OH is 1. The van der Waals surface area contributed by atoms with Crippen molar-refractivity contribution in [2.75, 3.05) is 20.3 Å². The first-order valence-corrected chi connectivity index (χ1v) is 8.52. The lowest BCUT2D eigenvalue weighted by Gasteiger charge is -2.29. The molecule has 0 saturated heterocycles. The molecule has 142 valence electrons. The zero-order valence-electron chi connectivity index (χ0n) is 15.3. The summed E-state index contributed by atoms with van der Waals surface area (Å²) in [5.74, 6) is 0.172. The average molecular weight is 365 g/mol. The Morgan fingerprint density at radius 2 is 1.69 bits per heavy atom. The van der Waals surface area contributed by atoms with Crippen molar-refractivity contribution in [1.82, 2.24) is 4.90 Å². The van der Waals surface area contributed by atoms with Gasteiger partial charge < -0.3 is 14.6 Å². The van der Waals surface area contributed by atoms with Gasteiger partial charge >= 0.3 is 0 Å². The topological polar surface area (TPSA) is 41.9 Å². The quantitative estimate of drug-likeness (QED) is 0.737. The zero-order valence-corrected chi connectivity index (χ0v) is 15.3. The van der Waals surface area contributed by atoms with Crippen molar-refractivity contribution in [3.05, 3.63) is 59.7 Å². The van der Waals surface area contributed by atoms with Gasteiger partial charge in [0.15, 0.2) is 0 Å². The molecule has 0 saturated carbocycles. The molecule has 0 fully saturated rings. The van der Waals surface area contributed by atoms with E-state index in [1.165, 1.54) is 12.1 Å². The van der Waals surface area contributed by atoms with E-state index in [9.17, 15) is 13.9 Å². The van der Waals surface area contributed by atoms with Crippen LogP contribution >= 0.6 is 0 Å². The van der Waals surface area contributed by atoms with Crippen LogP contribution in [0.3, 0.4) is 0 Å². The average Bonchev–Trinajstić information content (AvgIpc) is 2.61. The van der Waals surface area contributed by atoms with Crippen LogP contribution in [0.5, 0.6) is 11.5 Å². The second-order valence-electron chi connectivity index (χ2n) is 6.40. The molecule has 0 aliphatic heterocycles. The Morgan fingerprint density at radius 3 is 2.27 bits per heavy atom. The third-order valence-electron chi connectivity index (χ3n) is 4.07. The molecule has 0 amide bonds. The van der Waals surface area contributed by atoms with Gasteiger partial charge in [0.1, 0.15) is 35.8 Å². The number of methoxy groups -OCH3 is 1. The van der Waals surface area contributed by atoms with Crippen LogP contribution in [-0.2, 0) is 6.54 Å². The van der Waals surface area contributed by atoms with Gasteiger partial charge in [-0.1, -0.05) is 6.07 Å². The molecule has 4 nitrogen and oxygen atoms in total. The molecule has 2 aromatic rings. The van der Waals surface area contributed by atoms with Crippen LogP contribution in [0.1, 0.15) is 19.4 Å². The maximum atomic E-state index is 13.9. The number of halogens is 2. The first-order chi connectivity index (χ1) is 12.4. The van der Waals surface area contributed by atoms with Crippen molar-refractivity contribution >= 4 is 0 Å². The highest BCUT2D eigenvalue weighted by atomic mass is 19.1. The van der Waals surface area contributed by atoms with Crippen molar-refractivity contribution in [2.45, 2.75) is 32.5 Å². The molecular formula is C20H25F2NO3. The van der Waals surface area contributed by atoms with Gasteiger partial charge in [-0.3, -0.25) is 4.90 Å². The molecule has 0 heterocycles. The van der Waals surface area contributed by atoms with Crippen molar-refractivity contribution in [1.29, 1.82) is 0 Å². The van der Waals surface area contributed by atoms with E-state index < -0.39 is 17.7 Å². The summed E-state index contributed by atoms with van der Waals surface area (Å²) in [5.41, 5.74) is 0.392. The van der Waals surface area contributed by atoms with Crippen molar-refractivity contribution in [3.8, 4) is 11.5 Å². The minimum absolute atomic E-state index is 0.0788. The van der Waals surface area contributed by atoms with E-state index in [0.717, 1.165) is 11.8 Å². The number of hydrogen-bond donors (Lipinski definition) is 1. The lowest BCUT2D eigenvalue weighted by atomic mass is 10.1. The zero-order chi connectivity index (χ0) is 19.1. The van der Waals surface area contributed by atoms with Crippen LogP contribution in [0.25, 0.3) is 0 Å². The Morgan fingerprint density at radius 1 is 1.04 bits per heavy atom. The van der Waals surface area contributed by atoms with Crippen molar-refractivity contribution in [3.63, 3.8) is 0 Å². The summed E-state index contributed by atoms with van der Waals surface area (Å²) in [6, 6.07) is 10.7. The van der Waals surface area contributed by atoms with Gasteiger partial charge in [0.25, 0.3) is 0 Å². The van der Waals surface area contributed by atoms with E-state index in [4.69, 9.17) is 9.47 Å². The second kappa shape index (κ2) is 9.50. The molecule has 2 aromatic carbocycles. The molecular weight excluding hydrogens is 340 g/mol. The Bertz CT molecular complexity index is 692. The van der Waals surface area contributed by atoms with Crippen LogP contribution in [0.2, 0.25) is 0 Å². The van der Waals surface area contributed by atoms with E-state index in [2.05, 4.69) is 0 Å². The number of hydrogen-bond acceptors (Lipinski definition) is 4. The van der Waals surface area contributed by atoms with Gasteiger partial charge in [-0.2, -0.15) is 0 Å². The molecule has 0 bridgehead atoms. The van der Waals surface area contributed by atoms with Crippen molar-refractivity contribution < 1.29 is 23.4 Å². The van der Waals surface area contributed by atoms with Gasteiger partial charge in [0.05, 0.1) is 7.11 Å². The minimum Gasteiger partial charge on any atom is -0.497 e. The predicted molar refractivity (Wildman–Crippen MR) is 96.4 cm³/mol. The van der Waals surface area contributed by atoms with Crippen LogP contribution < -0.4 is 9.47 Å². The molecule has 1 atom stereocenters. The van der Waals surface area contributed by atoms with Gasteiger partial charge in [-0.05, 0) is 44.2 Å². The molecule has 0 unspecified atom stereocenters. The molecule has 2 rings (SSSR count). The Kier molecular flexibility index (Phi) is 7.36. The molecule has 1 N–H and O–H groups in total. The Hall–Kier alpha value is -2.18. The van der Waals surface area contributed by atoms with E-state index in [1.807, 2.05) is 18.7 Å². The van der Waals surface area contributed by atoms with Gasteiger partial charge in [0.2, 0.25) is 0 Å². The molecule has 0 aliphatic rings. The smallest absolute Gasteiger partial charge is 0.130 e. The highest BCUT2D eigenvalue weighted by Gasteiger charge is 2.17. The maximum absolute atomic E-state index is 13.9. The van der Waals surface area contributed by atoms with Gasteiger partial charge in [-0.15, -0.1) is 0 Å². The van der Waals surface area contributed by atoms with Crippen molar-refractivity contribution in [2.24, 2.45) is 0 Å². The summed E-state index contributed by atoms with van der Waals surface area (Å²) in [5, 5.41) is 10.3. The summed E-state index contributed by atoms with van der Waals surface area (Å²) in [7, 11) is 1.59. The highest BCUT2D eigenvalue weighted by molar-refractivity contribution is 5.31. The third-order valence-corrected chi connectivity index (χ3v) is 4.07. The SMILES string of the molecule is COc1ccc(OC[C@@H](O)CN(Cc2ccc(F)cc2F)C(C)C)cc1. The monoisotopic (exact) mass is 365 g/mol. The summed E-state index contributed by atoms with van der Waals surface area (Å²) in [4.78, 5) is 1.92. The number of rotatable bonds is 9. The predicted octanol–water partition coefficient (Wildman–Crippen LogP) is 3.62. The first-order valence-electron chi connectivity index (χ1n) is 8.52. The fourth-order valence-electron chi connectivity index (χ4n) is 2.51. The molecule has 0 aliphatic carbocycles. The fourth-order valence-corrected chi connectivity index (χ4v) is 2.51. The highest BCUT2D eigenvalue weighted by Crippen LogP contribution is 2.18. The number of benzene rings is 2. The van der Waals surface area contributed by atoms with E-state index in [1.54, 1.807) is 31.4 Å². The largest absolute Gasteiger partial charge is 0.497 e. The Balaban J connectivity index is 1.91. The fraction of sp³-hybridized carbons (Fsp3) is 0.400. The van der Waals surface area contributed by atoms with E-state index in [-0.39, 0.29) is 19.2 Å². The van der Waals surface area contributed by atoms with Crippen LogP contribution in [0.15, 0.2) is 42.5 Å². The molecule has 6 heteroatoms. The lowest BCUT2D eigenvalue weighted by molar-refractivity contribution is 0.0538. The van der Waals surface area contributed by atoms with Crippen LogP contribution in [-0.4, -0.2) is 42.4 Å². The van der Waals surface area contributed by atoms with Crippen LogP contribution in [0, 0.1) is 11.6 Å². The molecule has 26 heavy (non-hydrogen) atoms. The molecule has 0 spiro atoms. The lowest BCUT2D eigenvalue weighted by Crippen LogP contribution is -2.39. The number of nitrogens with zero attached hydrogens (tertiary/aromatic N) is 1. The normalized spacial score (nSPS) is 12.5. The number of ether oxygens (including phenoxy) is 2. The standard InChI is InChI=1S/C20H25F2NO3/c1-14(2)23(11-15-4-5-16(21)10-20(15)22)12-17(24)13-26-19-8-6-18(25-3)7-9-19/h4-10,14,17,24H,11-13H2,1-3H3/t17-/m0/s1. The summed E-state index contributed by atoms with van der Waals surface area (Å²) in [6.45, 7) is 4.62. The van der Waals surface area contributed by atoms with Gasteiger partial charge in [-0.25, -0.2) is 8.78 Å². The van der Waals surface area contributed by atoms with Crippen LogP contribution in [0.4, 0.5) is 8.78 Å². The second-order valence-corrected chi connectivity index (χ2v) is 6.40. The molecule has 0 aromatic heterocycles. The first kappa shape index (κ1) is 20.1. The maximum Gasteiger partial charge on any atom is 0.130 e. The van der Waals surface area contributed by atoms with E-state index >= 15 is 0 Å². The summed E-state index contributed by atoms with van der Waals surface area (Å²) in [6.07, 6.45) is -0.747. The molecule has 0 radical (unpaired) electrons. The van der Waals surface area contributed by atoms with E-state index in [0.29, 0.717) is 17.9 Å². The van der Waals surface area contributed by atoms with Gasteiger partial charge in [0, 0.05) is 30.8 Å². The Labute approximate surface area is 153 Å².